The van der Waals surface area contributed by atoms with Gasteiger partial charge in [0, 0.05) is 11.3 Å². The zero-order valence-electron chi connectivity index (χ0n) is 19.6. The van der Waals surface area contributed by atoms with E-state index in [-0.39, 0.29) is 0 Å². The van der Waals surface area contributed by atoms with Gasteiger partial charge in [0.2, 0.25) is 0 Å². The van der Waals surface area contributed by atoms with Crippen molar-refractivity contribution in [3.05, 3.63) is 132 Å². The number of allylic oxidation sites excluding steroid dienone is 10. The highest BCUT2D eigenvalue weighted by Crippen LogP contribution is 2.19. The third kappa shape index (κ3) is 9.34. The molecule has 0 N–H and O–H groups in total. The number of hydrogen-bond acceptors (Lipinski definition) is 1. The summed E-state index contributed by atoms with van der Waals surface area (Å²) in [6.45, 7) is 27.5. The zero-order chi connectivity index (χ0) is 23.1. The van der Waals surface area contributed by atoms with Crippen LogP contribution in [0.15, 0.2) is 126 Å². The molecule has 1 aromatic rings. The fraction of sp³-hybridized carbons (Fsp3) is 0.207. The second kappa shape index (κ2) is 14.8. The van der Waals surface area contributed by atoms with Crippen molar-refractivity contribution >= 4 is 5.71 Å². The van der Waals surface area contributed by atoms with E-state index in [9.17, 15) is 0 Å². The van der Waals surface area contributed by atoms with Crippen LogP contribution in [0.2, 0.25) is 0 Å². The summed E-state index contributed by atoms with van der Waals surface area (Å²) in [7, 11) is 0. The lowest BCUT2D eigenvalue weighted by Crippen LogP contribution is -1.99. The Balaban J connectivity index is 0.000000654. The van der Waals surface area contributed by atoms with E-state index in [1.54, 1.807) is 6.08 Å². The van der Waals surface area contributed by atoms with Gasteiger partial charge in [-0.05, 0) is 69.4 Å². The van der Waals surface area contributed by atoms with Crippen LogP contribution in [0.5, 0.6) is 0 Å². The Hall–Kier alpha value is -3.19. The molecule has 0 fully saturated rings. The summed E-state index contributed by atoms with van der Waals surface area (Å²) in [5.41, 5.74) is 8.33. The average Bonchev–Trinajstić information content (AvgIpc) is 2.70. The van der Waals surface area contributed by atoms with E-state index in [1.165, 1.54) is 16.7 Å². The fourth-order valence-corrected chi connectivity index (χ4v) is 2.79. The number of benzene rings is 1. The summed E-state index contributed by atoms with van der Waals surface area (Å²) >= 11 is 0. The minimum absolute atomic E-state index is 0.716. The Bertz CT molecular complexity index is 911. The van der Waals surface area contributed by atoms with E-state index in [4.69, 9.17) is 0 Å². The lowest BCUT2D eigenvalue weighted by molar-refractivity contribution is 1.28. The maximum absolute atomic E-state index is 4.59. The number of hydrogen-bond donors (Lipinski definition) is 0. The molecule has 0 spiro atoms. The topological polar surface area (TPSA) is 12.4 Å². The molecule has 0 aliphatic rings. The van der Waals surface area contributed by atoms with Gasteiger partial charge in [-0.15, -0.1) is 0 Å². The third-order valence-corrected chi connectivity index (χ3v) is 4.33. The molecule has 0 radical (unpaired) electrons. The van der Waals surface area contributed by atoms with E-state index in [1.807, 2.05) is 64.1 Å². The van der Waals surface area contributed by atoms with E-state index in [0.717, 1.165) is 22.4 Å². The second-order valence-electron chi connectivity index (χ2n) is 6.90. The summed E-state index contributed by atoms with van der Waals surface area (Å²) < 4.78 is 0. The minimum Gasteiger partial charge on any atom is -0.253 e. The van der Waals surface area contributed by atoms with Crippen LogP contribution in [-0.4, -0.2) is 5.71 Å². The molecule has 0 unspecified atom stereocenters. The largest absolute Gasteiger partial charge is 0.253 e. The predicted molar refractivity (Wildman–Crippen MR) is 138 cm³/mol. The molecule has 1 nitrogen and oxygen atoms in total. The van der Waals surface area contributed by atoms with Gasteiger partial charge in [0.15, 0.2) is 0 Å². The monoisotopic (exact) mass is 399 g/mol. The van der Waals surface area contributed by atoms with Gasteiger partial charge in [0.1, 0.15) is 0 Å². The van der Waals surface area contributed by atoms with Gasteiger partial charge in [-0.25, -0.2) is 0 Å². The van der Waals surface area contributed by atoms with Crippen molar-refractivity contribution in [3.8, 4) is 0 Å². The van der Waals surface area contributed by atoms with Gasteiger partial charge < -0.3 is 0 Å². The first-order chi connectivity index (χ1) is 14.2. The van der Waals surface area contributed by atoms with Gasteiger partial charge in [-0.3, -0.25) is 4.99 Å². The van der Waals surface area contributed by atoms with Crippen LogP contribution < -0.4 is 0 Å². The Morgan fingerprint density at radius 3 is 2.00 bits per heavy atom. The van der Waals surface area contributed by atoms with Crippen molar-refractivity contribution in [2.45, 2.75) is 41.5 Å². The molecule has 1 aromatic carbocycles. The Morgan fingerprint density at radius 1 is 0.933 bits per heavy atom. The molecule has 0 aliphatic carbocycles. The second-order valence-corrected chi connectivity index (χ2v) is 6.90. The lowest BCUT2D eigenvalue weighted by Gasteiger charge is -2.09. The molecule has 0 aromatic heterocycles. The first-order valence-corrected chi connectivity index (χ1v) is 10.1. The SMILES string of the molecule is C=C/C=C(\C(=C)C)C(=C)N=C(C)c1ccccc1C.C=CC(/C=C\C)=C(C)\C=C/C. The lowest BCUT2D eigenvalue weighted by atomic mass is 10.0. The highest BCUT2D eigenvalue weighted by atomic mass is 14.8. The standard InChI is InChI=1S/C18H21N.C11H16/c1-7-10-17(13(2)3)15(5)19-16(6)18-12-9-8-11-14(18)4;1-5-8-10(4)11(7-3)9-6-2/h7-12H,1-2,5H2,3-4,6H3;5-9H,3H2,1-2,4H3/b17-10+,19-16?;8-5-,9-6-,11-10+. The van der Waals surface area contributed by atoms with Crippen molar-refractivity contribution < 1.29 is 0 Å². The van der Waals surface area contributed by atoms with Crippen LogP contribution in [0.4, 0.5) is 0 Å². The molecule has 1 heteroatoms. The maximum atomic E-state index is 4.59. The molecule has 1 rings (SSSR count). The molecule has 0 saturated carbocycles. The van der Waals surface area contributed by atoms with E-state index >= 15 is 0 Å². The molecule has 0 saturated heterocycles. The van der Waals surface area contributed by atoms with Crippen molar-refractivity contribution in [2.24, 2.45) is 4.99 Å². The van der Waals surface area contributed by atoms with Crippen LogP contribution in [-0.2, 0) is 0 Å². The Morgan fingerprint density at radius 2 is 1.53 bits per heavy atom. The quantitative estimate of drug-likeness (QED) is 0.306. The van der Waals surface area contributed by atoms with Gasteiger partial charge in [-0.2, -0.15) is 0 Å². The van der Waals surface area contributed by atoms with Gasteiger partial charge in [-0.1, -0.05) is 93.1 Å². The van der Waals surface area contributed by atoms with Gasteiger partial charge in [0.25, 0.3) is 0 Å². The van der Waals surface area contributed by atoms with E-state index in [0.29, 0.717) is 5.70 Å². The van der Waals surface area contributed by atoms with E-state index < -0.39 is 0 Å². The normalized spacial score (nSPS) is 12.9. The molecule has 0 bridgehead atoms. The summed E-state index contributed by atoms with van der Waals surface area (Å²) in [6.07, 6.45) is 13.7. The van der Waals surface area contributed by atoms with E-state index in [2.05, 4.69) is 69.4 Å². The maximum Gasteiger partial charge on any atom is 0.0636 e. The van der Waals surface area contributed by atoms with Crippen LogP contribution >= 0.6 is 0 Å². The Labute approximate surface area is 184 Å². The van der Waals surface area contributed by atoms with Gasteiger partial charge in [0.05, 0.1) is 5.70 Å². The highest BCUT2D eigenvalue weighted by Gasteiger charge is 2.05. The molecule has 158 valence electrons. The summed E-state index contributed by atoms with van der Waals surface area (Å²) in [6, 6.07) is 8.19. The zero-order valence-corrected chi connectivity index (χ0v) is 19.6. The number of nitrogens with zero attached hydrogens (tertiary/aromatic N) is 1. The molecule has 0 heterocycles. The van der Waals surface area contributed by atoms with Crippen molar-refractivity contribution in [3.63, 3.8) is 0 Å². The highest BCUT2D eigenvalue weighted by molar-refractivity contribution is 6.00. The average molecular weight is 400 g/mol. The van der Waals surface area contributed by atoms with Crippen LogP contribution in [0.25, 0.3) is 0 Å². The van der Waals surface area contributed by atoms with Crippen molar-refractivity contribution in [2.75, 3.05) is 0 Å². The third-order valence-electron chi connectivity index (χ3n) is 4.33. The van der Waals surface area contributed by atoms with Crippen LogP contribution in [0, 0.1) is 6.92 Å². The number of aliphatic imine (C=N–C) groups is 1. The van der Waals surface area contributed by atoms with Crippen molar-refractivity contribution in [1.82, 2.24) is 0 Å². The van der Waals surface area contributed by atoms with Crippen LogP contribution in [0.3, 0.4) is 0 Å². The summed E-state index contributed by atoms with van der Waals surface area (Å²) in [5, 5.41) is 0. The molecule has 0 amide bonds. The predicted octanol–water partition coefficient (Wildman–Crippen LogP) is 8.65. The number of rotatable bonds is 8. The van der Waals surface area contributed by atoms with Gasteiger partial charge >= 0.3 is 0 Å². The Kier molecular flexibility index (Phi) is 13.2. The smallest absolute Gasteiger partial charge is 0.0636 e. The fourth-order valence-electron chi connectivity index (χ4n) is 2.79. The minimum atomic E-state index is 0.716. The number of aryl methyl sites for hydroxylation is 1. The summed E-state index contributed by atoms with van der Waals surface area (Å²) in [5.74, 6) is 0. The first kappa shape index (κ1) is 26.8. The molecular formula is C29H37N. The summed E-state index contributed by atoms with van der Waals surface area (Å²) in [4.78, 5) is 4.59. The molecule has 0 atom stereocenters. The molecule has 0 aliphatic heterocycles. The first-order valence-electron chi connectivity index (χ1n) is 10.1. The van der Waals surface area contributed by atoms with Crippen LogP contribution in [0.1, 0.15) is 45.7 Å². The van der Waals surface area contributed by atoms with Crippen molar-refractivity contribution in [1.29, 1.82) is 0 Å². The molecular weight excluding hydrogens is 362 g/mol. The molecule has 30 heavy (non-hydrogen) atoms.